The molecule has 0 aromatic heterocycles. The number of nitrogens with one attached hydrogen (secondary N) is 1. The SMILES string of the molecule is CN(C)C(CNS(=O)(=O)c1ccc(F)c(F)c1)c1cccc(F)c1. The van der Waals surface area contributed by atoms with E-state index in [-0.39, 0.29) is 11.4 Å². The Kier molecular flexibility index (Phi) is 5.63. The van der Waals surface area contributed by atoms with Crippen LogP contribution in [-0.4, -0.2) is 34.0 Å². The second-order valence-corrected chi connectivity index (χ2v) is 7.23. The Morgan fingerprint density at radius 3 is 2.33 bits per heavy atom. The number of sulfonamides is 1. The van der Waals surface area contributed by atoms with Gasteiger partial charge in [-0.2, -0.15) is 0 Å². The summed E-state index contributed by atoms with van der Waals surface area (Å²) >= 11 is 0. The topological polar surface area (TPSA) is 49.4 Å². The van der Waals surface area contributed by atoms with E-state index < -0.39 is 33.5 Å². The average Bonchev–Trinajstić information content (AvgIpc) is 2.49. The van der Waals surface area contributed by atoms with E-state index in [9.17, 15) is 21.6 Å². The third-order valence-corrected chi connectivity index (χ3v) is 4.95. The number of likely N-dealkylation sites (N-methyl/N-ethyl adjacent to an activating group) is 1. The third-order valence-electron chi connectivity index (χ3n) is 3.52. The van der Waals surface area contributed by atoms with Crippen molar-refractivity contribution in [3.8, 4) is 0 Å². The Hall–Kier alpha value is -1.90. The number of hydrogen-bond acceptors (Lipinski definition) is 3. The van der Waals surface area contributed by atoms with E-state index in [1.54, 1.807) is 25.1 Å². The monoisotopic (exact) mass is 358 g/mol. The van der Waals surface area contributed by atoms with E-state index in [2.05, 4.69) is 4.72 Å². The fourth-order valence-electron chi connectivity index (χ4n) is 2.23. The lowest BCUT2D eigenvalue weighted by molar-refractivity contribution is 0.299. The van der Waals surface area contributed by atoms with Crippen molar-refractivity contribution in [1.82, 2.24) is 9.62 Å². The van der Waals surface area contributed by atoms with E-state index in [1.807, 2.05) is 0 Å². The normalized spacial score (nSPS) is 13.2. The van der Waals surface area contributed by atoms with Crippen LogP contribution in [0.15, 0.2) is 47.4 Å². The molecule has 4 nitrogen and oxygen atoms in total. The van der Waals surface area contributed by atoms with Gasteiger partial charge in [0, 0.05) is 12.6 Å². The Balaban J connectivity index is 2.20. The van der Waals surface area contributed by atoms with Crippen LogP contribution in [0.25, 0.3) is 0 Å². The minimum Gasteiger partial charge on any atom is -0.301 e. The van der Waals surface area contributed by atoms with Crippen LogP contribution in [0, 0.1) is 17.5 Å². The van der Waals surface area contributed by atoms with Gasteiger partial charge in [0.2, 0.25) is 10.0 Å². The minimum absolute atomic E-state index is 0.0578. The van der Waals surface area contributed by atoms with Crippen molar-refractivity contribution in [2.24, 2.45) is 0 Å². The standard InChI is InChI=1S/C16H17F3N2O2S/c1-21(2)16(11-4-3-5-12(17)8-11)10-20-24(22,23)13-6-7-14(18)15(19)9-13/h3-9,16,20H,10H2,1-2H3. The van der Waals surface area contributed by atoms with Crippen LogP contribution in [0.4, 0.5) is 13.2 Å². The lowest BCUT2D eigenvalue weighted by Crippen LogP contribution is -2.34. The molecule has 0 fully saturated rings. The van der Waals surface area contributed by atoms with Gasteiger partial charge in [-0.05, 0) is 50.0 Å². The van der Waals surface area contributed by atoms with Crippen molar-refractivity contribution in [3.63, 3.8) is 0 Å². The van der Waals surface area contributed by atoms with Crippen LogP contribution in [-0.2, 0) is 10.0 Å². The molecule has 0 aliphatic rings. The Bertz CT molecular complexity index is 826. The van der Waals surface area contributed by atoms with Gasteiger partial charge in [-0.1, -0.05) is 12.1 Å². The number of benzene rings is 2. The first-order valence-electron chi connectivity index (χ1n) is 7.07. The summed E-state index contributed by atoms with van der Waals surface area (Å²) in [5, 5.41) is 0. The quantitative estimate of drug-likeness (QED) is 0.864. The zero-order valence-electron chi connectivity index (χ0n) is 13.1. The van der Waals surface area contributed by atoms with Gasteiger partial charge in [-0.15, -0.1) is 0 Å². The van der Waals surface area contributed by atoms with Crippen molar-refractivity contribution in [1.29, 1.82) is 0 Å². The maximum absolute atomic E-state index is 13.4. The van der Waals surface area contributed by atoms with Gasteiger partial charge in [-0.25, -0.2) is 26.3 Å². The first-order chi connectivity index (χ1) is 11.2. The molecule has 0 radical (unpaired) electrons. The number of halogens is 3. The highest BCUT2D eigenvalue weighted by Gasteiger charge is 2.21. The molecule has 24 heavy (non-hydrogen) atoms. The van der Waals surface area contributed by atoms with Crippen LogP contribution in [0.3, 0.4) is 0 Å². The van der Waals surface area contributed by atoms with Gasteiger partial charge in [0.25, 0.3) is 0 Å². The Morgan fingerprint density at radius 2 is 1.75 bits per heavy atom. The second-order valence-electron chi connectivity index (χ2n) is 5.46. The first-order valence-corrected chi connectivity index (χ1v) is 8.55. The zero-order chi connectivity index (χ0) is 17.9. The molecule has 130 valence electrons. The second kappa shape index (κ2) is 7.33. The number of hydrogen-bond donors (Lipinski definition) is 1. The highest BCUT2D eigenvalue weighted by molar-refractivity contribution is 7.89. The number of rotatable bonds is 6. The van der Waals surface area contributed by atoms with Gasteiger partial charge in [0.15, 0.2) is 11.6 Å². The van der Waals surface area contributed by atoms with Gasteiger partial charge >= 0.3 is 0 Å². The first kappa shape index (κ1) is 18.4. The minimum atomic E-state index is -4.02. The van der Waals surface area contributed by atoms with Crippen LogP contribution >= 0.6 is 0 Å². The van der Waals surface area contributed by atoms with Crippen molar-refractivity contribution < 1.29 is 21.6 Å². The molecule has 1 atom stereocenters. The fraction of sp³-hybridized carbons (Fsp3) is 0.250. The molecule has 0 saturated carbocycles. The lowest BCUT2D eigenvalue weighted by atomic mass is 10.1. The molecule has 0 spiro atoms. The molecule has 8 heteroatoms. The molecule has 1 unspecified atom stereocenters. The molecule has 0 heterocycles. The smallest absolute Gasteiger partial charge is 0.240 e. The maximum atomic E-state index is 13.4. The summed E-state index contributed by atoms with van der Waals surface area (Å²) in [6.45, 7) is -0.0578. The van der Waals surface area contributed by atoms with E-state index in [0.29, 0.717) is 11.6 Å². The predicted octanol–water partition coefficient (Wildman–Crippen LogP) is 2.69. The Morgan fingerprint density at radius 1 is 1.04 bits per heavy atom. The Labute approximate surface area is 139 Å². The summed E-state index contributed by atoms with van der Waals surface area (Å²) < 4.78 is 66.3. The van der Waals surface area contributed by atoms with Crippen molar-refractivity contribution in [3.05, 3.63) is 65.5 Å². The van der Waals surface area contributed by atoms with Gasteiger partial charge in [-0.3, -0.25) is 0 Å². The van der Waals surface area contributed by atoms with E-state index in [4.69, 9.17) is 0 Å². The highest BCUT2D eigenvalue weighted by Crippen LogP contribution is 2.20. The molecule has 2 rings (SSSR count). The molecule has 2 aromatic carbocycles. The van der Waals surface area contributed by atoms with E-state index in [1.165, 1.54) is 18.2 Å². The summed E-state index contributed by atoms with van der Waals surface area (Å²) in [4.78, 5) is 1.35. The van der Waals surface area contributed by atoms with Crippen LogP contribution < -0.4 is 4.72 Å². The third kappa shape index (κ3) is 4.34. The summed E-state index contributed by atoms with van der Waals surface area (Å²) in [5.41, 5.74) is 0.591. The van der Waals surface area contributed by atoms with Crippen molar-refractivity contribution >= 4 is 10.0 Å². The van der Waals surface area contributed by atoms with Crippen LogP contribution in [0.5, 0.6) is 0 Å². The van der Waals surface area contributed by atoms with Crippen LogP contribution in [0.2, 0.25) is 0 Å². The molecular weight excluding hydrogens is 341 g/mol. The van der Waals surface area contributed by atoms with E-state index in [0.717, 1.165) is 12.1 Å². The number of nitrogens with zero attached hydrogens (tertiary/aromatic N) is 1. The maximum Gasteiger partial charge on any atom is 0.240 e. The molecule has 0 bridgehead atoms. The zero-order valence-corrected chi connectivity index (χ0v) is 13.9. The molecular formula is C16H17F3N2O2S. The van der Waals surface area contributed by atoms with Gasteiger partial charge in [0.05, 0.1) is 4.90 Å². The van der Waals surface area contributed by atoms with Crippen molar-refractivity contribution in [2.75, 3.05) is 20.6 Å². The summed E-state index contributed by atoms with van der Waals surface area (Å²) in [6, 6.07) is 7.74. The van der Waals surface area contributed by atoms with E-state index >= 15 is 0 Å². The molecule has 0 aliphatic carbocycles. The molecule has 2 aromatic rings. The average molecular weight is 358 g/mol. The molecule has 0 amide bonds. The largest absolute Gasteiger partial charge is 0.301 e. The molecule has 0 aliphatic heterocycles. The summed E-state index contributed by atoms with van der Waals surface area (Å²) in [7, 11) is -0.576. The fourth-order valence-corrected chi connectivity index (χ4v) is 3.28. The van der Waals surface area contributed by atoms with Crippen molar-refractivity contribution in [2.45, 2.75) is 10.9 Å². The lowest BCUT2D eigenvalue weighted by Gasteiger charge is -2.25. The summed E-state index contributed by atoms with van der Waals surface area (Å²) in [5.74, 6) is -2.80. The highest BCUT2D eigenvalue weighted by atomic mass is 32.2. The molecule has 0 saturated heterocycles. The van der Waals surface area contributed by atoms with Crippen LogP contribution in [0.1, 0.15) is 11.6 Å². The van der Waals surface area contributed by atoms with Gasteiger partial charge < -0.3 is 4.90 Å². The predicted molar refractivity (Wildman–Crippen MR) is 84.4 cm³/mol. The molecule has 1 N–H and O–H groups in total. The van der Waals surface area contributed by atoms with Gasteiger partial charge in [0.1, 0.15) is 5.82 Å². The summed E-state index contributed by atoms with van der Waals surface area (Å²) in [6.07, 6.45) is 0.